The van der Waals surface area contributed by atoms with E-state index < -0.39 is 0 Å². The molecule has 0 bridgehead atoms. The van der Waals surface area contributed by atoms with Crippen LogP contribution in [0.15, 0.2) is 28.9 Å². The van der Waals surface area contributed by atoms with Crippen molar-refractivity contribution in [2.24, 2.45) is 0 Å². The van der Waals surface area contributed by atoms with Crippen LogP contribution in [0.5, 0.6) is 0 Å². The predicted octanol–water partition coefficient (Wildman–Crippen LogP) is 3.23. The fourth-order valence-electron chi connectivity index (χ4n) is 1.31. The largest absolute Gasteiger partial charge is 0.220 e. The summed E-state index contributed by atoms with van der Waals surface area (Å²) in [5.41, 5.74) is 3.14. The number of nitrogens with zero attached hydrogens (tertiary/aromatic N) is 3. The van der Waals surface area contributed by atoms with Crippen LogP contribution in [0.3, 0.4) is 0 Å². The van der Waals surface area contributed by atoms with Gasteiger partial charge in [0.05, 0.1) is 17.6 Å². The molecule has 0 unspecified atom stereocenters. The standard InChI is InChI=1S/C10H9Br2N3/c1-7-2-3-8(12)4-10(7)15-6-9(5-11)13-14-15/h2-4,6H,5H2,1H3. The number of hydrogen-bond acceptors (Lipinski definition) is 2. The summed E-state index contributed by atoms with van der Waals surface area (Å²) in [6.07, 6.45) is 1.92. The van der Waals surface area contributed by atoms with Gasteiger partial charge < -0.3 is 0 Å². The third-order valence-electron chi connectivity index (χ3n) is 2.10. The third-order valence-corrected chi connectivity index (χ3v) is 3.16. The molecule has 0 saturated carbocycles. The van der Waals surface area contributed by atoms with Crippen LogP contribution in [0.25, 0.3) is 5.69 Å². The maximum Gasteiger partial charge on any atom is 0.0937 e. The molecule has 0 saturated heterocycles. The lowest BCUT2D eigenvalue weighted by molar-refractivity contribution is 0.795. The van der Waals surface area contributed by atoms with Crippen molar-refractivity contribution < 1.29 is 0 Å². The second-order valence-electron chi connectivity index (χ2n) is 3.22. The van der Waals surface area contributed by atoms with Gasteiger partial charge in [-0.1, -0.05) is 43.1 Å². The van der Waals surface area contributed by atoms with Gasteiger partial charge in [0.15, 0.2) is 0 Å². The molecule has 78 valence electrons. The first-order chi connectivity index (χ1) is 7.20. The normalized spacial score (nSPS) is 10.6. The van der Waals surface area contributed by atoms with Gasteiger partial charge in [0, 0.05) is 9.80 Å². The maximum atomic E-state index is 4.08. The third kappa shape index (κ3) is 2.29. The fourth-order valence-corrected chi connectivity index (χ4v) is 1.91. The predicted molar refractivity (Wildman–Crippen MR) is 66.4 cm³/mol. The van der Waals surface area contributed by atoms with Crippen molar-refractivity contribution in [2.45, 2.75) is 12.3 Å². The number of alkyl halides is 1. The van der Waals surface area contributed by atoms with Crippen LogP contribution in [-0.4, -0.2) is 15.0 Å². The molecule has 0 amide bonds. The van der Waals surface area contributed by atoms with Gasteiger partial charge in [-0.3, -0.25) is 0 Å². The molecule has 1 heterocycles. The van der Waals surface area contributed by atoms with Crippen molar-refractivity contribution in [2.75, 3.05) is 0 Å². The van der Waals surface area contributed by atoms with Crippen LogP contribution < -0.4 is 0 Å². The highest BCUT2D eigenvalue weighted by molar-refractivity contribution is 9.10. The molecule has 0 aliphatic heterocycles. The molecule has 2 aromatic rings. The number of hydrogen-bond donors (Lipinski definition) is 0. The van der Waals surface area contributed by atoms with Gasteiger partial charge in [0.1, 0.15) is 0 Å². The van der Waals surface area contributed by atoms with Crippen molar-refractivity contribution in [1.29, 1.82) is 0 Å². The lowest BCUT2D eigenvalue weighted by Gasteiger charge is -2.04. The van der Waals surface area contributed by atoms with E-state index in [2.05, 4.69) is 55.2 Å². The van der Waals surface area contributed by atoms with Crippen molar-refractivity contribution in [3.8, 4) is 5.69 Å². The summed E-state index contributed by atoms with van der Waals surface area (Å²) in [4.78, 5) is 0. The molecule has 1 aromatic carbocycles. The molecule has 0 aliphatic rings. The Labute approximate surface area is 105 Å². The van der Waals surface area contributed by atoms with Gasteiger partial charge in [0.2, 0.25) is 0 Å². The van der Waals surface area contributed by atoms with E-state index in [0.29, 0.717) is 0 Å². The Balaban J connectivity index is 2.48. The maximum absolute atomic E-state index is 4.08. The van der Waals surface area contributed by atoms with E-state index >= 15 is 0 Å². The van der Waals surface area contributed by atoms with Crippen LogP contribution in [0.1, 0.15) is 11.3 Å². The second-order valence-corrected chi connectivity index (χ2v) is 4.70. The van der Waals surface area contributed by atoms with Crippen LogP contribution in [0.2, 0.25) is 0 Å². The molecule has 5 heteroatoms. The van der Waals surface area contributed by atoms with Crippen LogP contribution >= 0.6 is 31.9 Å². The molecule has 0 aliphatic carbocycles. The molecule has 0 atom stereocenters. The van der Waals surface area contributed by atoms with E-state index in [1.54, 1.807) is 4.68 Å². The zero-order chi connectivity index (χ0) is 10.8. The summed E-state index contributed by atoms with van der Waals surface area (Å²) in [7, 11) is 0. The molecule has 0 N–H and O–H groups in total. The zero-order valence-electron chi connectivity index (χ0n) is 8.11. The van der Waals surface area contributed by atoms with Crippen molar-refractivity contribution in [1.82, 2.24) is 15.0 Å². The molecule has 0 fully saturated rings. The first-order valence-electron chi connectivity index (χ1n) is 4.44. The van der Waals surface area contributed by atoms with Gasteiger partial charge in [-0.25, -0.2) is 4.68 Å². The summed E-state index contributed by atoms with van der Waals surface area (Å²) >= 11 is 6.80. The van der Waals surface area contributed by atoms with E-state index in [9.17, 15) is 0 Å². The highest BCUT2D eigenvalue weighted by Crippen LogP contribution is 2.19. The Morgan fingerprint density at radius 1 is 1.40 bits per heavy atom. The molecule has 2 rings (SSSR count). The number of benzene rings is 1. The molecule has 0 spiro atoms. The van der Waals surface area contributed by atoms with Gasteiger partial charge >= 0.3 is 0 Å². The first-order valence-corrected chi connectivity index (χ1v) is 6.36. The number of aryl methyl sites for hydroxylation is 1. The summed E-state index contributed by atoms with van der Waals surface area (Å²) < 4.78 is 2.83. The highest BCUT2D eigenvalue weighted by atomic mass is 79.9. The van der Waals surface area contributed by atoms with Gasteiger partial charge in [0.25, 0.3) is 0 Å². The Bertz CT molecular complexity index is 479. The SMILES string of the molecule is Cc1ccc(Br)cc1-n1cc(CBr)nn1. The topological polar surface area (TPSA) is 30.7 Å². The lowest BCUT2D eigenvalue weighted by Crippen LogP contribution is -1.97. The molecule has 0 radical (unpaired) electrons. The van der Waals surface area contributed by atoms with E-state index in [0.717, 1.165) is 21.2 Å². The fraction of sp³-hybridized carbons (Fsp3) is 0.200. The van der Waals surface area contributed by atoms with Crippen LogP contribution in [0, 0.1) is 6.92 Å². The number of rotatable bonds is 2. The Morgan fingerprint density at radius 3 is 2.87 bits per heavy atom. The number of aromatic nitrogens is 3. The Morgan fingerprint density at radius 2 is 2.20 bits per heavy atom. The first kappa shape index (κ1) is 10.8. The molecule has 15 heavy (non-hydrogen) atoms. The molecular formula is C10H9Br2N3. The lowest BCUT2D eigenvalue weighted by atomic mass is 10.2. The molecular weight excluding hydrogens is 322 g/mol. The summed E-state index contributed by atoms with van der Waals surface area (Å²) in [6, 6.07) is 6.10. The van der Waals surface area contributed by atoms with E-state index in [4.69, 9.17) is 0 Å². The van der Waals surface area contributed by atoms with Gasteiger partial charge in [-0.15, -0.1) is 5.10 Å². The van der Waals surface area contributed by atoms with E-state index in [-0.39, 0.29) is 0 Å². The van der Waals surface area contributed by atoms with Gasteiger partial charge in [-0.2, -0.15) is 0 Å². The highest BCUT2D eigenvalue weighted by Gasteiger charge is 2.04. The average Bonchev–Trinajstić information content (AvgIpc) is 2.70. The van der Waals surface area contributed by atoms with Crippen LogP contribution in [-0.2, 0) is 5.33 Å². The minimum absolute atomic E-state index is 0.722. The average molecular weight is 331 g/mol. The smallest absolute Gasteiger partial charge is 0.0937 e. The molecule has 1 aromatic heterocycles. The monoisotopic (exact) mass is 329 g/mol. The summed E-state index contributed by atoms with van der Waals surface area (Å²) in [6.45, 7) is 2.05. The van der Waals surface area contributed by atoms with Gasteiger partial charge in [-0.05, 0) is 24.6 Å². The Kier molecular flexibility index (Phi) is 3.21. The Hall–Kier alpha value is -0.680. The van der Waals surface area contributed by atoms with E-state index in [1.165, 1.54) is 5.56 Å². The quantitative estimate of drug-likeness (QED) is 0.791. The van der Waals surface area contributed by atoms with E-state index in [1.807, 2.05) is 18.3 Å². The van der Waals surface area contributed by atoms with Crippen molar-refractivity contribution >= 4 is 31.9 Å². The van der Waals surface area contributed by atoms with Crippen molar-refractivity contribution in [3.05, 3.63) is 40.1 Å². The van der Waals surface area contributed by atoms with Crippen molar-refractivity contribution in [3.63, 3.8) is 0 Å². The molecule has 3 nitrogen and oxygen atoms in total. The second kappa shape index (κ2) is 4.45. The minimum atomic E-state index is 0.722. The zero-order valence-corrected chi connectivity index (χ0v) is 11.3. The van der Waals surface area contributed by atoms with Crippen LogP contribution in [0.4, 0.5) is 0 Å². The minimum Gasteiger partial charge on any atom is -0.220 e. The number of halogens is 2. The summed E-state index contributed by atoms with van der Waals surface area (Å²) in [5.74, 6) is 0. The summed E-state index contributed by atoms with van der Waals surface area (Å²) in [5, 5.41) is 8.83.